The summed E-state index contributed by atoms with van der Waals surface area (Å²) >= 11 is 0. The van der Waals surface area contributed by atoms with E-state index in [9.17, 15) is 25.4 Å². The van der Waals surface area contributed by atoms with E-state index in [1.165, 1.54) is 24.3 Å². The van der Waals surface area contributed by atoms with Crippen LogP contribution in [-0.4, -0.2) is 57.6 Å². The van der Waals surface area contributed by atoms with E-state index in [2.05, 4.69) is 0 Å². The Hall–Kier alpha value is -2.56. The van der Waals surface area contributed by atoms with Crippen LogP contribution < -0.4 is 4.74 Å². The van der Waals surface area contributed by atoms with Crippen molar-refractivity contribution >= 4 is 5.69 Å². The summed E-state index contributed by atoms with van der Waals surface area (Å²) in [5.41, 5.74) is 0.743. The molecule has 150 valence electrons. The zero-order chi connectivity index (χ0) is 20.1. The third kappa shape index (κ3) is 4.64. The van der Waals surface area contributed by atoms with Crippen molar-refractivity contribution in [2.45, 2.75) is 37.3 Å². The maximum atomic E-state index is 10.7. The minimum absolute atomic E-state index is 0.106. The van der Waals surface area contributed by atoms with Gasteiger partial charge in [0.05, 0.1) is 18.1 Å². The van der Waals surface area contributed by atoms with Crippen LogP contribution >= 0.6 is 0 Å². The average molecular weight is 391 g/mol. The number of hydrogen-bond acceptors (Lipinski definition) is 8. The molecule has 28 heavy (non-hydrogen) atoms. The summed E-state index contributed by atoms with van der Waals surface area (Å²) in [6.07, 6.45) is -5.93. The van der Waals surface area contributed by atoms with Gasteiger partial charge in [-0.15, -0.1) is 0 Å². The van der Waals surface area contributed by atoms with Crippen LogP contribution in [0.4, 0.5) is 5.69 Å². The Kier molecular flexibility index (Phi) is 6.55. The maximum absolute atomic E-state index is 10.7. The molecule has 3 rings (SSSR count). The number of nitrogens with zero attached hydrogens (tertiary/aromatic N) is 1. The van der Waals surface area contributed by atoms with E-state index < -0.39 is 42.2 Å². The van der Waals surface area contributed by atoms with Crippen molar-refractivity contribution in [3.05, 3.63) is 70.3 Å². The molecule has 5 atom stereocenters. The summed E-state index contributed by atoms with van der Waals surface area (Å²) in [6, 6.07) is 14.5. The Balaban J connectivity index is 1.70. The Morgan fingerprint density at radius 2 is 1.71 bits per heavy atom. The van der Waals surface area contributed by atoms with Gasteiger partial charge in [-0.05, 0) is 17.7 Å². The lowest BCUT2D eigenvalue weighted by Crippen LogP contribution is -2.60. The van der Waals surface area contributed by atoms with Crippen LogP contribution in [0.1, 0.15) is 5.56 Å². The highest BCUT2D eigenvalue weighted by Gasteiger charge is 2.46. The number of nitro groups is 1. The van der Waals surface area contributed by atoms with E-state index in [-0.39, 0.29) is 18.0 Å². The summed E-state index contributed by atoms with van der Waals surface area (Å²) in [6.45, 7) is -0.360. The number of aliphatic hydroxyl groups excluding tert-OH is 3. The molecule has 0 radical (unpaired) electrons. The lowest BCUT2D eigenvalue weighted by atomic mass is 9.99. The predicted octanol–water partition coefficient (Wildman–Crippen LogP) is 0.998. The average Bonchev–Trinajstić information content (AvgIpc) is 2.71. The second kappa shape index (κ2) is 9.09. The molecule has 0 unspecified atom stereocenters. The summed E-state index contributed by atoms with van der Waals surface area (Å²) in [5.74, 6) is 0.226. The van der Waals surface area contributed by atoms with Gasteiger partial charge in [0, 0.05) is 12.1 Å². The van der Waals surface area contributed by atoms with Gasteiger partial charge >= 0.3 is 0 Å². The SMILES string of the molecule is O=[N+]([O-])c1ccc(O[C@H]2O[C@H](CO)[C@H](O)[C@H](OCc3ccccc3)[C@H]2O)cc1. The normalized spacial score (nSPS) is 27.3. The standard InChI is InChI=1S/C19H21NO8/c21-10-15-16(22)18(26-11-12-4-2-1-3-5-12)17(23)19(28-15)27-14-8-6-13(7-9-14)20(24)25/h1-9,15-19,21-23H,10-11H2/t15-,16+,17-,18+,19+/m1/s1. The Bertz CT molecular complexity index is 769. The Morgan fingerprint density at radius 1 is 1.04 bits per heavy atom. The monoisotopic (exact) mass is 391 g/mol. The third-order valence-corrected chi connectivity index (χ3v) is 4.41. The number of aliphatic hydroxyl groups is 3. The molecule has 1 saturated heterocycles. The number of non-ortho nitro benzene ring substituents is 1. The molecule has 9 heteroatoms. The van der Waals surface area contributed by atoms with Crippen LogP contribution in [0.3, 0.4) is 0 Å². The van der Waals surface area contributed by atoms with Crippen molar-refractivity contribution in [2.75, 3.05) is 6.61 Å². The molecule has 0 bridgehead atoms. The minimum atomic E-state index is -1.35. The molecule has 0 aromatic heterocycles. The first-order valence-electron chi connectivity index (χ1n) is 8.68. The summed E-state index contributed by atoms with van der Waals surface area (Å²) in [4.78, 5) is 10.2. The molecule has 0 spiro atoms. The van der Waals surface area contributed by atoms with Crippen molar-refractivity contribution in [1.82, 2.24) is 0 Å². The highest BCUT2D eigenvalue weighted by atomic mass is 16.7. The van der Waals surface area contributed by atoms with Crippen molar-refractivity contribution in [3.63, 3.8) is 0 Å². The topological polar surface area (TPSA) is 132 Å². The Labute approximate surface area is 160 Å². The minimum Gasteiger partial charge on any atom is -0.462 e. The van der Waals surface area contributed by atoms with E-state index in [1.807, 2.05) is 30.3 Å². The van der Waals surface area contributed by atoms with Crippen molar-refractivity contribution in [1.29, 1.82) is 0 Å². The predicted molar refractivity (Wildman–Crippen MR) is 96.5 cm³/mol. The lowest BCUT2D eigenvalue weighted by Gasteiger charge is -2.41. The molecule has 1 aliphatic rings. The number of rotatable bonds is 7. The van der Waals surface area contributed by atoms with Crippen molar-refractivity contribution in [3.8, 4) is 5.75 Å². The zero-order valence-corrected chi connectivity index (χ0v) is 14.8. The lowest BCUT2D eigenvalue weighted by molar-refractivity contribution is -0.384. The van der Waals surface area contributed by atoms with Gasteiger partial charge in [0.2, 0.25) is 6.29 Å². The van der Waals surface area contributed by atoms with E-state index in [1.54, 1.807) is 0 Å². The number of ether oxygens (including phenoxy) is 3. The van der Waals surface area contributed by atoms with E-state index >= 15 is 0 Å². The van der Waals surface area contributed by atoms with Gasteiger partial charge in [-0.3, -0.25) is 10.1 Å². The molecule has 1 heterocycles. The van der Waals surface area contributed by atoms with Gasteiger partial charge in [-0.1, -0.05) is 30.3 Å². The van der Waals surface area contributed by atoms with Crippen molar-refractivity contribution in [2.24, 2.45) is 0 Å². The van der Waals surface area contributed by atoms with Crippen LogP contribution in [-0.2, 0) is 16.1 Å². The van der Waals surface area contributed by atoms with Gasteiger partial charge in [0.1, 0.15) is 30.2 Å². The van der Waals surface area contributed by atoms with Crippen molar-refractivity contribution < 1.29 is 34.5 Å². The first-order valence-corrected chi connectivity index (χ1v) is 8.68. The summed E-state index contributed by atoms with van der Waals surface area (Å²) in [5, 5.41) is 41.1. The number of hydrogen-bond donors (Lipinski definition) is 3. The number of benzene rings is 2. The van der Waals surface area contributed by atoms with E-state index in [4.69, 9.17) is 14.2 Å². The summed E-state index contributed by atoms with van der Waals surface area (Å²) < 4.78 is 16.7. The van der Waals surface area contributed by atoms with Gasteiger partial charge in [-0.25, -0.2) is 0 Å². The molecule has 9 nitrogen and oxygen atoms in total. The maximum Gasteiger partial charge on any atom is 0.269 e. The molecule has 2 aromatic carbocycles. The highest BCUT2D eigenvalue weighted by Crippen LogP contribution is 2.27. The van der Waals surface area contributed by atoms with Crippen LogP contribution in [0.2, 0.25) is 0 Å². The second-order valence-electron chi connectivity index (χ2n) is 6.34. The first kappa shape index (κ1) is 20.2. The van der Waals surface area contributed by atoms with Gasteiger partial charge in [0.15, 0.2) is 0 Å². The van der Waals surface area contributed by atoms with Gasteiger partial charge in [-0.2, -0.15) is 0 Å². The fraction of sp³-hybridized carbons (Fsp3) is 0.368. The quantitative estimate of drug-likeness (QED) is 0.470. The molecule has 2 aromatic rings. The second-order valence-corrected chi connectivity index (χ2v) is 6.34. The van der Waals surface area contributed by atoms with Gasteiger partial charge < -0.3 is 29.5 Å². The third-order valence-electron chi connectivity index (χ3n) is 4.41. The van der Waals surface area contributed by atoms with E-state index in [0.717, 1.165) is 5.56 Å². The number of nitro benzene ring substituents is 1. The molecule has 0 aliphatic carbocycles. The fourth-order valence-electron chi connectivity index (χ4n) is 2.89. The highest BCUT2D eigenvalue weighted by molar-refractivity contribution is 5.36. The molecule has 1 fully saturated rings. The first-order chi connectivity index (χ1) is 13.5. The zero-order valence-electron chi connectivity index (χ0n) is 14.8. The molecule has 3 N–H and O–H groups in total. The van der Waals surface area contributed by atoms with Gasteiger partial charge in [0.25, 0.3) is 5.69 Å². The summed E-state index contributed by atoms with van der Waals surface area (Å²) in [7, 11) is 0. The Morgan fingerprint density at radius 3 is 2.32 bits per heavy atom. The molecule has 0 saturated carbocycles. The van der Waals surface area contributed by atoms with Crippen LogP contribution in [0.25, 0.3) is 0 Å². The van der Waals surface area contributed by atoms with Crippen LogP contribution in [0.5, 0.6) is 5.75 Å². The van der Waals surface area contributed by atoms with E-state index in [0.29, 0.717) is 0 Å². The molecule has 0 amide bonds. The molecular weight excluding hydrogens is 370 g/mol. The molecular formula is C19H21NO8. The largest absolute Gasteiger partial charge is 0.462 e. The van der Waals surface area contributed by atoms with Crippen LogP contribution in [0, 0.1) is 10.1 Å². The fourth-order valence-corrected chi connectivity index (χ4v) is 2.89. The molecule has 1 aliphatic heterocycles. The van der Waals surface area contributed by atoms with Crippen LogP contribution in [0.15, 0.2) is 54.6 Å². The smallest absolute Gasteiger partial charge is 0.269 e.